The SMILES string of the molecule is CN(C)S(=O)(=O)Nc1ccc(F)cc1O. The number of nitrogens with zero attached hydrogens (tertiary/aromatic N) is 1. The number of nitrogens with one attached hydrogen (secondary N) is 1. The highest BCUT2D eigenvalue weighted by atomic mass is 32.2. The van der Waals surface area contributed by atoms with Crippen LogP contribution in [0.5, 0.6) is 5.75 Å². The van der Waals surface area contributed by atoms with E-state index >= 15 is 0 Å². The molecule has 0 aliphatic carbocycles. The number of hydrogen-bond acceptors (Lipinski definition) is 3. The van der Waals surface area contributed by atoms with E-state index in [2.05, 4.69) is 4.72 Å². The molecule has 0 fully saturated rings. The first kappa shape index (κ1) is 11.7. The largest absolute Gasteiger partial charge is 0.506 e. The molecule has 0 radical (unpaired) electrons. The molecule has 0 heterocycles. The molecule has 5 nitrogen and oxygen atoms in total. The van der Waals surface area contributed by atoms with Crippen molar-refractivity contribution in [1.82, 2.24) is 4.31 Å². The first-order chi connectivity index (χ1) is 6.83. The molecule has 0 amide bonds. The summed E-state index contributed by atoms with van der Waals surface area (Å²) in [4.78, 5) is 0. The van der Waals surface area contributed by atoms with Gasteiger partial charge in [-0.15, -0.1) is 0 Å². The van der Waals surface area contributed by atoms with Crippen LogP contribution < -0.4 is 4.72 Å². The zero-order valence-electron chi connectivity index (χ0n) is 8.23. The Morgan fingerprint density at radius 2 is 2.00 bits per heavy atom. The van der Waals surface area contributed by atoms with Crippen molar-refractivity contribution in [3.63, 3.8) is 0 Å². The van der Waals surface area contributed by atoms with Gasteiger partial charge < -0.3 is 5.11 Å². The van der Waals surface area contributed by atoms with Gasteiger partial charge in [0.15, 0.2) is 0 Å². The Kier molecular flexibility index (Phi) is 3.15. The molecule has 1 aromatic carbocycles. The van der Waals surface area contributed by atoms with E-state index in [1.807, 2.05) is 0 Å². The van der Waals surface area contributed by atoms with E-state index in [1.54, 1.807) is 0 Å². The Hall–Kier alpha value is -1.34. The van der Waals surface area contributed by atoms with Gasteiger partial charge in [-0.1, -0.05) is 0 Å². The van der Waals surface area contributed by atoms with E-state index in [0.29, 0.717) is 0 Å². The van der Waals surface area contributed by atoms with Crippen LogP contribution in [0.15, 0.2) is 18.2 Å². The van der Waals surface area contributed by atoms with Crippen molar-refractivity contribution in [2.24, 2.45) is 0 Å². The van der Waals surface area contributed by atoms with Crippen LogP contribution in [0.25, 0.3) is 0 Å². The highest BCUT2D eigenvalue weighted by Gasteiger charge is 2.15. The lowest BCUT2D eigenvalue weighted by molar-refractivity contribution is 0.471. The van der Waals surface area contributed by atoms with E-state index in [9.17, 15) is 17.9 Å². The van der Waals surface area contributed by atoms with Gasteiger partial charge in [0.1, 0.15) is 11.6 Å². The van der Waals surface area contributed by atoms with Gasteiger partial charge in [0.05, 0.1) is 5.69 Å². The maximum Gasteiger partial charge on any atom is 0.301 e. The third-order valence-electron chi connectivity index (χ3n) is 1.68. The van der Waals surface area contributed by atoms with E-state index < -0.39 is 21.8 Å². The van der Waals surface area contributed by atoms with Crippen molar-refractivity contribution in [3.05, 3.63) is 24.0 Å². The number of phenolic OH excluding ortho intramolecular Hbond substituents is 1. The first-order valence-corrected chi connectivity index (χ1v) is 5.46. The monoisotopic (exact) mass is 234 g/mol. The predicted octanol–water partition coefficient (Wildman–Crippen LogP) is 0.750. The maximum atomic E-state index is 12.6. The van der Waals surface area contributed by atoms with E-state index in [4.69, 9.17) is 0 Å². The molecule has 0 spiro atoms. The molecule has 0 unspecified atom stereocenters. The summed E-state index contributed by atoms with van der Waals surface area (Å²) in [5.41, 5.74) is -0.0647. The fourth-order valence-electron chi connectivity index (χ4n) is 0.821. The average molecular weight is 234 g/mol. The average Bonchev–Trinajstić information content (AvgIpc) is 2.09. The summed E-state index contributed by atoms with van der Waals surface area (Å²) in [7, 11) is -1.01. The van der Waals surface area contributed by atoms with Gasteiger partial charge in [-0.05, 0) is 12.1 Å². The predicted molar refractivity (Wildman–Crippen MR) is 54.3 cm³/mol. The number of phenols is 1. The molecule has 1 rings (SSSR count). The minimum absolute atomic E-state index is 0.0647. The molecule has 84 valence electrons. The number of anilines is 1. The van der Waals surface area contributed by atoms with Crippen LogP contribution in [-0.4, -0.2) is 31.9 Å². The Morgan fingerprint density at radius 1 is 1.40 bits per heavy atom. The standard InChI is InChI=1S/C8H11FN2O3S/c1-11(2)15(13,14)10-7-4-3-6(9)5-8(7)12/h3-5,10,12H,1-2H3. The Balaban J connectivity index is 3.01. The van der Waals surface area contributed by atoms with Gasteiger partial charge in [0, 0.05) is 20.2 Å². The first-order valence-electron chi connectivity index (χ1n) is 4.02. The van der Waals surface area contributed by atoms with Crippen molar-refractivity contribution in [2.45, 2.75) is 0 Å². The molecule has 2 N–H and O–H groups in total. The number of hydrogen-bond donors (Lipinski definition) is 2. The molecular formula is C8H11FN2O3S. The summed E-state index contributed by atoms with van der Waals surface area (Å²) in [5, 5.41) is 9.25. The quantitative estimate of drug-likeness (QED) is 0.758. The number of rotatable bonds is 3. The minimum atomic E-state index is -3.69. The third-order valence-corrected chi connectivity index (χ3v) is 3.12. The highest BCUT2D eigenvalue weighted by Crippen LogP contribution is 2.24. The maximum absolute atomic E-state index is 12.6. The summed E-state index contributed by atoms with van der Waals surface area (Å²) in [5.74, 6) is -1.10. The van der Waals surface area contributed by atoms with Gasteiger partial charge in [-0.3, -0.25) is 4.72 Å². The van der Waals surface area contributed by atoms with Crippen LogP contribution >= 0.6 is 0 Å². The lowest BCUT2D eigenvalue weighted by atomic mass is 10.3. The van der Waals surface area contributed by atoms with Crippen LogP contribution in [0.1, 0.15) is 0 Å². The Labute approximate surface area is 87.3 Å². The second-order valence-electron chi connectivity index (χ2n) is 3.05. The molecule has 1 aromatic rings. The van der Waals surface area contributed by atoms with Crippen LogP contribution in [0.4, 0.5) is 10.1 Å². The zero-order chi connectivity index (χ0) is 11.6. The second kappa shape index (κ2) is 4.03. The van der Waals surface area contributed by atoms with Crippen molar-refractivity contribution in [3.8, 4) is 5.75 Å². The topological polar surface area (TPSA) is 69.6 Å². The Bertz CT molecular complexity index is 459. The van der Waals surface area contributed by atoms with Gasteiger partial charge in [0.25, 0.3) is 0 Å². The van der Waals surface area contributed by atoms with E-state index in [-0.39, 0.29) is 5.69 Å². The molecule has 0 aliphatic rings. The van der Waals surface area contributed by atoms with Crippen molar-refractivity contribution < 1.29 is 17.9 Å². The lowest BCUT2D eigenvalue weighted by Crippen LogP contribution is -2.28. The van der Waals surface area contributed by atoms with Crippen molar-refractivity contribution in [1.29, 1.82) is 0 Å². The van der Waals surface area contributed by atoms with Crippen LogP contribution in [0.3, 0.4) is 0 Å². The summed E-state index contributed by atoms with van der Waals surface area (Å²) in [6.45, 7) is 0. The molecule has 0 saturated heterocycles. The molecule has 15 heavy (non-hydrogen) atoms. The van der Waals surface area contributed by atoms with Crippen LogP contribution in [-0.2, 0) is 10.2 Å². The smallest absolute Gasteiger partial charge is 0.301 e. The van der Waals surface area contributed by atoms with Crippen molar-refractivity contribution >= 4 is 15.9 Å². The summed E-state index contributed by atoms with van der Waals surface area (Å²) in [6.07, 6.45) is 0. The minimum Gasteiger partial charge on any atom is -0.506 e. The van der Waals surface area contributed by atoms with Crippen LogP contribution in [0.2, 0.25) is 0 Å². The van der Waals surface area contributed by atoms with E-state index in [0.717, 1.165) is 22.5 Å². The Morgan fingerprint density at radius 3 is 2.47 bits per heavy atom. The number of benzene rings is 1. The zero-order valence-corrected chi connectivity index (χ0v) is 9.05. The molecule has 0 aliphatic heterocycles. The lowest BCUT2D eigenvalue weighted by Gasteiger charge is -2.13. The van der Waals surface area contributed by atoms with Gasteiger partial charge >= 0.3 is 10.2 Å². The van der Waals surface area contributed by atoms with Gasteiger partial charge in [-0.25, -0.2) is 4.39 Å². The molecule has 7 heteroatoms. The van der Waals surface area contributed by atoms with Gasteiger partial charge in [0.2, 0.25) is 0 Å². The highest BCUT2D eigenvalue weighted by molar-refractivity contribution is 7.90. The molecule has 0 saturated carbocycles. The number of halogens is 1. The molecule has 0 atom stereocenters. The molecular weight excluding hydrogens is 223 g/mol. The summed E-state index contributed by atoms with van der Waals surface area (Å²) >= 11 is 0. The van der Waals surface area contributed by atoms with Crippen LogP contribution in [0, 0.1) is 5.82 Å². The van der Waals surface area contributed by atoms with E-state index in [1.165, 1.54) is 14.1 Å². The van der Waals surface area contributed by atoms with Crippen molar-refractivity contribution in [2.75, 3.05) is 18.8 Å². The fraction of sp³-hybridized carbons (Fsp3) is 0.250. The number of aromatic hydroxyl groups is 1. The molecule has 0 bridgehead atoms. The normalized spacial score (nSPS) is 11.7. The molecule has 0 aromatic heterocycles. The second-order valence-corrected chi connectivity index (χ2v) is 4.94. The third kappa shape index (κ3) is 2.80. The fourth-order valence-corrected chi connectivity index (χ4v) is 1.45. The summed E-state index contributed by atoms with van der Waals surface area (Å²) in [6, 6.07) is 3.02. The van der Waals surface area contributed by atoms with Gasteiger partial charge in [-0.2, -0.15) is 12.7 Å². The summed E-state index contributed by atoms with van der Waals surface area (Å²) < 4.78 is 38.3.